The van der Waals surface area contributed by atoms with Crippen LogP contribution in [0.3, 0.4) is 0 Å². The summed E-state index contributed by atoms with van der Waals surface area (Å²) in [5.41, 5.74) is 17.9. The Morgan fingerprint density at radius 1 is 0.885 bits per heavy atom. The van der Waals surface area contributed by atoms with Crippen molar-refractivity contribution < 1.29 is 43.8 Å². The van der Waals surface area contributed by atoms with E-state index >= 15 is 0 Å². The first kappa shape index (κ1) is 49.1. The van der Waals surface area contributed by atoms with Crippen LogP contribution in [0, 0.1) is 11.8 Å². The second-order valence-corrected chi connectivity index (χ2v) is 15.7. The molecular formula is C40H62N12O9. The maximum atomic E-state index is 14.3. The van der Waals surface area contributed by atoms with E-state index in [0.717, 1.165) is 0 Å². The minimum absolute atomic E-state index is 0.0190. The highest BCUT2D eigenvalue weighted by atomic mass is 16.4. The number of hydrogen-bond acceptors (Lipinski definition) is 11. The molecule has 3 rings (SSSR count). The predicted octanol–water partition coefficient (Wildman–Crippen LogP) is -1.50. The third-order valence-electron chi connectivity index (χ3n) is 10.5. The van der Waals surface area contributed by atoms with Gasteiger partial charge in [0.15, 0.2) is 5.96 Å². The van der Waals surface area contributed by atoms with E-state index in [1.165, 1.54) is 36.5 Å². The summed E-state index contributed by atoms with van der Waals surface area (Å²) in [6.45, 7) is 8.72. The molecule has 1 fully saturated rings. The number of aromatic nitrogens is 2. The highest BCUT2D eigenvalue weighted by Crippen LogP contribution is 2.21. The average molecular weight is 855 g/mol. The van der Waals surface area contributed by atoms with Crippen LogP contribution in [0.4, 0.5) is 0 Å². The van der Waals surface area contributed by atoms with Gasteiger partial charge in [-0.15, -0.1) is 0 Å². The average Bonchev–Trinajstić information content (AvgIpc) is 3.93. The number of aliphatic carboxylic acids is 1. The number of hydrogen-bond donors (Lipinski definition) is 11. The van der Waals surface area contributed by atoms with Crippen LogP contribution in [0.1, 0.15) is 78.0 Å². The van der Waals surface area contributed by atoms with E-state index in [9.17, 15) is 43.8 Å². The number of rotatable bonds is 23. The fraction of sp³-hybridized carbons (Fsp3) is 0.575. The van der Waals surface area contributed by atoms with E-state index in [2.05, 4.69) is 41.5 Å². The topological polar surface area (TPSA) is 342 Å². The summed E-state index contributed by atoms with van der Waals surface area (Å²) in [7, 11) is 0. The second kappa shape index (κ2) is 23.5. The Labute approximate surface area is 354 Å². The number of phenolic OH excluding ortho intramolecular Hbond substituents is 1. The van der Waals surface area contributed by atoms with Crippen molar-refractivity contribution in [2.24, 2.45) is 34.0 Å². The number of benzene rings is 1. The molecule has 0 saturated carbocycles. The molecule has 2 heterocycles. The number of H-pyrrole nitrogens is 1. The largest absolute Gasteiger partial charge is 0.508 e. The van der Waals surface area contributed by atoms with Gasteiger partial charge in [0.25, 0.3) is 0 Å². The number of aliphatic imine (C=N–C) groups is 1. The molecule has 0 spiro atoms. The Morgan fingerprint density at radius 3 is 2.11 bits per heavy atom. The minimum atomic E-state index is -1.29. The van der Waals surface area contributed by atoms with Gasteiger partial charge in [0.1, 0.15) is 42.0 Å². The van der Waals surface area contributed by atoms with Crippen molar-refractivity contribution in [2.45, 2.75) is 122 Å². The van der Waals surface area contributed by atoms with Gasteiger partial charge >= 0.3 is 5.97 Å². The van der Waals surface area contributed by atoms with Gasteiger partial charge < -0.3 is 63.9 Å². The van der Waals surface area contributed by atoms with Crippen LogP contribution < -0.4 is 43.8 Å². The number of imidazole rings is 1. The minimum Gasteiger partial charge on any atom is -0.508 e. The predicted molar refractivity (Wildman–Crippen MR) is 224 cm³/mol. The Kier molecular flexibility index (Phi) is 18.9. The van der Waals surface area contributed by atoms with Gasteiger partial charge in [-0.2, -0.15) is 0 Å². The maximum absolute atomic E-state index is 14.3. The normalized spacial score (nSPS) is 17.1. The van der Waals surface area contributed by atoms with Crippen LogP contribution in [0.5, 0.6) is 5.75 Å². The smallest absolute Gasteiger partial charge is 0.325 e. The summed E-state index contributed by atoms with van der Waals surface area (Å²) in [6, 6.07) is -2.02. The molecule has 0 aliphatic carbocycles. The lowest BCUT2D eigenvalue weighted by molar-refractivity contribution is -0.144. The van der Waals surface area contributed by atoms with Crippen LogP contribution >= 0.6 is 0 Å². The molecular weight excluding hydrogens is 793 g/mol. The molecule has 2 aromatic rings. The van der Waals surface area contributed by atoms with Gasteiger partial charge in [0.05, 0.1) is 12.4 Å². The third kappa shape index (κ3) is 15.1. The number of nitrogens with one attached hydrogen (secondary N) is 6. The Morgan fingerprint density at radius 2 is 1.52 bits per heavy atom. The number of carbonyl (C=O) groups is 7. The Hall–Kier alpha value is -6.25. The number of aromatic hydroxyl groups is 1. The fourth-order valence-corrected chi connectivity index (χ4v) is 6.69. The maximum Gasteiger partial charge on any atom is 0.325 e. The van der Waals surface area contributed by atoms with Crippen molar-refractivity contribution in [3.05, 3.63) is 48.0 Å². The zero-order valence-corrected chi connectivity index (χ0v) is 35.4. The first-order chi connectivity index (χ1) is 28.8. The molecule has 61 heavy (non-hydrogen) atoms. The highest BCUT2D eigenvalue weighted by molar-refractivity contribution is 5.97. The molecule has 1 aliphatic heterocycles. The SMILES string of the molecule is CC[C@H](C)[C@H](NC(=O)[C@H](Cc1ccc(O)cc1)NC(=O)[C@@H](NC(=O)[C@@H](N)CCCN=C(N)N)C(C)C)C(=O)N[C@@H](Cc1cnc[nH]1)C(=O)N1CCC[C@H]1C(=O)N[C@@H](C)C(=O)O. The van der Waals surface area contributed by atoms with Crippen LogP contribution in [-0.4, -0.2) is 128 Å². The van der Waals surface area contributed by atoms with Gasteiger partial charge in [-0.3, -0.25) is 38.6 Å². The number of guanidine groups is 1. The molecule has 6 amide bonds. The van der Waals surface area contributed by atoms with Gasteiger partial charge in [-0.1, -0.05) is 46.2 Å². The standard InChI is InChI=1S/C40H62N12O9/c1-6-22(4)32(37(58)49-29(18-25-19-44-20-46-25)38(59)52-16-8-10-30(52)35(56)47-23(5)39(60)61)51-34(55)28(17-24-11-13-26(53)14-12-24)48-36(57)31(21(2)3)50-33(54)27(41)9-7-15-45-40(42)43/h11-14,19-23,27-32,53H,6-10,15-18,41H2,1-5H3,(H,44,46)(H,47,56)(H,48,57)(H,49,58)(H,50,54)(H,51,55)(H,60,61)(H4,42,43,45)/t22-,23-,27-,28-,29-,30-,31-,32-/m0/s1. The van der Waals surface area contributed by atoms with E-state index in [1.807, 2.05) is 6.92 Å². The molecule has 1 aromatic carbocycles. The van der Waals surface area contributed by atoms with E-state index in [1.54, 1.807) is 32.9 Å². The lowest BCUT2D eigenvalue weighted by Gasteiger charge is -2.32. The van der Waals surface area contributed by atoms with Crippen LogP contribution in [0.15, 0.2) is 41.8 Å². The van der Waals surface area contributed by atoms with Crippen molar-refractivity contribution in [1.82, 2.24) is 41.5 Å². The third-order valence-corrected chi connectivity index (χ3v) is 10.5. The van der Waals surface area contributed by atoms with Crippen LogP contribution in [0.2, 0.25) is 0 Å². The molecule has 336 valence electrons. The number of carbonyl (C=O) groups excluding carboxylic acids is 6. The summed E-state index contributed by atoms with van der Waals surface area (Å²) >= 11 is 0. The summed E-state index contributed by atoms with van der Waals surface area (Å²) < 4.78 is 0. The molecule has 14 N–H and O–H groups in total. The Balaban J connectivity index is 1.87. The number of aromatic amines is 1. The molecule has 0 radical (unpaired) electrons. The zero-order valence-electron chi connectivity index (χ0n) is 35.4. The lowest BCUT2D eigenvalue weighted by atomic mass is 9.96. The summed E-state index contributed by atoms with van der Waals surface area (Å²) in [5, 5.41) is 32.6. The first-order valence-corrected chi connectivity index (χ1v) is 20.4. The van der Waals surface area contributed by atoms with E-state index < -0.39 is 95.5 Å². The lowest BCUT2D eigenvalue weighted by Crippen LogP contribution is -2.61. The number of carboxylic acids is 1. The molecule has 0 bridgehead atoms. The number of phenols is 1. The molecule has 0 unspecified atom stereocenters. The first-order valence-electron chi connectivity index (χ1n) is 20.4. The van der Waals surface area contributed by atoms with Crippen LogP contribution in [0.25, 0.3) is 0 Å². The number of carboxylic acid groups (broad SMARTS) is 1. The van der Waals surface area contributed by atoms with Gasteiger partial charge in [0.2, 0.25) is 35.4 Å². The van der Waals surface area contributed by atoms with Crippen molar-refractivity contribution in [2.75, 3.05) is 13.1 Å². The molecule has 1 saturated heterocycles. The van der Waals surface area contributed by atoms with Crippen molar-refractivity contribution in [1.29, 1.82) is 0 Å². The molecule has 21 nitrogen and oxygen atoms in total. The van der Waals surface area contributed by atoms with Crippen molar-refractivity contribution in [3.63, 3.8) is 0 Å². The zero-order chi connectivity index (χ0) is 45.4. The monoisotopic (exact) mass is 854 g/mol. The number of likely N-dealkylation sites (tertiary alicyclic amines) is 1. The number of nitrogens with zero attached hydrogens (tertiary/aromatic N) is 3. The number of nitrogens with two attached hydrogens (primary N) is 3. The molecule has 21 heteroatoms. The summed E-state index contributed by atoms with van der Waals surface area (Å²) in [5.74, 6) is -6.25. The molecule has 1 aromatic heterocycles. The second-order valence-electron chi connectivity index (χ2n) is 15.7. The van der Waals surface area contributed by atoms with Gasteiger partial charge in [0, 0.05) is 37.8 Å². The summed E-state index contributed by atoms with van der Waals surface area (Å²) in [6.07, 6.45) is 4.56. The highest BCUT2D eigenvalue weighted by Gasteiger charge is 2.40. The fourth-order valence-electron chi connectivity index (χ4n) is 6.69. The van der Waals surface area contributed by atoms with E-state index in [0.29, 0.717) is 30.5 Å². The van der Waals surface area contributed by atoms with E-state index in [-0.39, 0.29) is 50.5 Å². The van der Waals surface area contributed by atoms with Crippen molar-refractivity contribution >= 4 is 47.4 Å². The van der Waals surface area contributed by atoms with E-state index in [4.69, 9.17) is 17.2 Å². The molecule has 1 aliphatic rings. The Bertz CT molecular complexity index is 1840. The number of amides is 6. The van der Waals surface area contributed by atoms with Gasteiger partial charge in [-0.05, 0) is 62.1 Å². The quantitative estimate of drug-likeness (QED) is 0.0345. The van der Waals surface area contributed by atoms with Crippen molar-refractivity contribution in [3.8, 4) is 5.75 Å². The molecule has 8 atom stereocenters. The van der Waals surface area contributed by atoms with Gasteiger partial charge in [-0.25, -0.2) is 4.98 Å². The summed E-state index contributed by atoms with van der Waals surface area (Å²) in [4.78, 5) is 106. The van der Waals surface area contributed by atoms with Crippen LogP contribution in [-0.2, 0) is 46.4 Å².